The van der Waals surface area contributed by atoms with Crippen LogP contribution < -0.4 is 4.74 Å². The van der Waals surface area contributed by atoms with Gasteiger partial charge < -0.3 is 4.74 Å². The molecule has 0 saturated heterocycles. The quantitative estimate of drug-likeness (QED) is 0.701. The average Bonchev–Trinajstić information content (AvgIpc) is 2.99. The van der Waals surface area contributed by atoms with Crippen LogP contribution in [0.3, 0.4) is 0 Å². The molecule has 0 bridgehead atoms. The molecule has 66 valence electrons. The summed E-state index contributed by atoms with van der Waals surface area (Å²) in [5.74, 6) is 1.48. The summed E-state index contributed by atoms with van der Waals surface area (Å²) in [5.41, 5.74) is 0.410. The van der Waals surface area contributed by atoms with Gasteiger partial charge in [-0.25, -0.2) is 4.98 Å². The van der Waals surface area contributed by atoms with E-state index in [9.17, 15) is 0 Å². The highest BCUT2D eigenvalue weighted by Gasteiger charge is 2.21. The van der Waals surface area contributed by atoms with Crippen molar-refractivity contribution in [2.45, 2.75) is 12.8 Å². The molecule has 1 aliphatic rings. The van der Waals surface area contributed by atoms with Crippen molar-refractivity contribution in [1.82, 2.24) is 4.98 Å². The molecule has 3 heteroatoms. The predicted octanol–water partition coefficient (Wildman–Crippen LogP) is 1.74. The maximum Gasteiger partial charge on any atom is 0.144 e. The summed E-state index contributed by atoms with van der Waals surface area (Å²) in [6, 6.07) is 5.43. The Morgan fingerprint density at radius 3 is 3.15 bits per heavy atom. The molecule has 1 fully saturated rings. The number of nitrogens with zero attached hydrogens (tertiary/aromatic N) is 2. The smallest absolute Gasteiger partial charge is 0.144 e. The lowest BCUT2D eigenvalue weighted by Gasteiger charge is -2.03. The SMILES string of the molecule is N#Cc1cc(OCC2CC2)ccn1. The third-order valence-corrected chi connectivity index (χ3v) is 2.03. The molecule has 1 aromatic heterocycles. The van der Waals surface area contributed by atoms with Crippen molar-refractivity contribution in [3.05, 3.63) is 24.0 Å². The fourth-order valence-electron chi connectivity index (χ4n) is 1.06. The zero-order valence-corrected chi connectivity index (χ0v) is 7.23. The number of hydrogen-bond acceptors (Lipinski definition) is 3. The lowest BCUT2D eigenvalue weighted by molar-refractivity contribution is 0.299. The summed E-state index contributed by atoms with van der Waals surface area (Å²) in [7, 11) is 0. The van der Waals surface area contributed by atoms with Gasteiger partial charge in [-0.2, -0.15) is 5.26 Å². The van der Waals surface area contributed by atoms with E-state index in [2.05, 4.69) is 4.98 Å². The normalized spacial score (nSPS) is 15.0. The molecular formula is C10H10N2O. The summed E-state index contributed by atoms with van der Waals surface area (Å²) in [6.45, 7) is 0.773. The molecule has 0 atom stereocenters. The number of aromatic nitrogens is 1. The second kappa shape index (κ2) is 3.44. The van der Waals surface area contributed by atoms with Crippen molar-refractivity contribution < 1.29 is 4.74 Å². The number of hydrogen-bond donors (Lipinski definition) is 0. The van der Waals surface area contributed by atoms with Gasteiger partial charge in [-0.15, -0.1) is 0 Å². The minimum absolute atomic E-state index is 0.410. The van der Waals surface area contributed by atoms with Crippen LogP contribution in [0.15, 0.2) is 18.3 Å². The molecule has 0 radical (unpaired) electrons. The van der Waals surface area contributed by atoms with Gasteiger partial charge in [0, 0.05) is 12.3 Å². The first kappa shape index (κ1) is 8.06. The van der Waals surface area contributed by atoms with Gasteiger partial charge in [-0.1, -0.05) is 0 Å². The van der Waals surface area contributed by atoms with Crippen molar-refractivity contribution in [3.63, 3.8) is 0 Å². The zero-order chi connectivity index (χ0) is 9.10. The Morgan fingerprint density at radius 2 is 2.46 bits per heavy atom. The molecule has 3 nitrogen and oxygen atoms in total. The molecule has 1 saturated carbocycles. The highest BCUT2D eigenvalue weighted by Crippen LogP contribution is 2.29. The third kappa shape index (κ3) is 2.19. The van der Waals surface area contributed by atoms with Gasteiger partial charge in [-0.3, -0.25) is 0 Å². The van der Waals surface area contributed by atoms with Crippen LogP contribution in [0, 0.1) is 17.2 Å². The molecule has 0 spiro atoms. The Labute approximate surface area is 77.0 Å². The Kier molecular flexibility index (Phi) is 2.13. The zero-order valence-electron chi connectivity index (χ0n) is 7.23. The van der Waals surface area contributed by atoms with Crippen LogP contribution in [0.25, 0.3) is 0 Å². The first-order chi connectivity index (χ1) is 6.38. The van der Waals surface area contributed by atoms with Crippen LogP contribution >= 0.6 is 0 Å². The first-order valence-electron chi connectivity index (χ1n) is 4.37. The van der Waals surface area contributed by atoms with E-state index in [0.717, 1.165) is 18.3 Å². The van der Waals surface area contributed by atoms with Gasteiger partial charge in [-0.05, 0) is 24.8 Å². The maximum atomic E-state index is 8.58. The molecule has 0 aromatic carbocycles. The topological polar surface area (TPSA) is 45.9 Å². The molecule has 0 unspecified atom stereocenters. The van der Waals surface area contributed by atoms with E-state index in [1.54, 1.807) is 18.3 Å². The van der Waals surface area contributed by atoms with E-state index in [4.69, 9.17) is 10.00 Å². The summed E-state index contributed by atoms with van der Waals surface area (Å²) in [5, 5.41) is 8.58. The van der Waals surface area contributed by atoms with Crippen LogP contribution in [-0.4, -0.2) is 11.6 Å². The van der Waals surface area contributed by atoms with Crippen LogP contribution in [0.4, 0.5) is 0 Å². The number of ether oxygens (including phenoxy) is 1. The molecule has 1 aromatic rings. The van der Waals surface area contributed by atoms with Crippen molar-refractivity contribution >= 4 is 0 Å². The van der Waals surface area contributed by atoms with E-state index >= 15 is 0 Å². The Balaban J connectivity index is 1.98. The van der Waals surface area contributed by atoms with Gasteiger partial charge in [0.15, 0.2) is 0 Å². The molecular weight excluding hydrogens is 164 g/mol. The fraction of sp³-hybridized carbons (Fsp3) is 0.400. The second-order valence-corrected chi connectivity index (χ2v) is 3.24. The monoisotopic (exact) mass is 174 g/mol. The minimum atomic E-state index is 0.410. The van der Waals surface area contributed by atoms with Gasteiger partial charge in [0.2, 0.25) is 0 Å². The highest BCUT2D eigenvalue weighted by molar-refractivity contribution is 5.29. The van der Waals surface area contributed by atoms with E-state index in [1.165, 1.54) is 12.8 Å². The van der Waals surface area contributed by atoms with E-state index in [-0.39, 0.29) is 0 Å². The van der Waals surface area contributed by atoms with Crippen LogP contribution in [0.1, 0.15) is 18.5 Å². The number of pyridine rings is 1. The summed E-state index contributed by atoms with van der Waals surface area (Å²) in [4.78, 5) is 3.86. The highest BCUT2D eigenvalue weighted by atomic mass is 16.5. The summed E-state index contributed by atoms with van der Waals surface area (Å²) >= 11 is 0. The van der Waals surface area contributed by atoms with E-state index in [1.807, 2.05) is 6.07 Å². The van der Waals surface area contributed by atoms with Crippen LogP contribution in [-0.2, 0) is 0 Å². The van der Waals surface area contributed by atoms with Crippen LogP contribution in [0.5, 0.6) is 5.75 Å². The molecule has 1 heterocycles. The third-order valence-electron chi connectivity index (χ3n) is 2.03. The van der Waals surface area contributed by atoms with Crippen molar-refractivity contribution in [3.8, 4) is 11.8 Å². The number of nitriles is 1. The summed E-state index contributed by atoms with van der Waals surface area (Å²) < 4.78 is 5.48. The standard InChI is InChI=1S/C10H10N2O/c11-6-9-5-10(3-4-12-9)13-7-8-1-2-8/h3-5,8H,1-2,7H2. The molecule has 1 aliphatic carbocycles. The second-order valence-electron chi connectivity index (χ2n) is 3.24. The van der Waals surface area contributed by atoms with Gasteiger partial charge >= 0.3 is 0 Å². The maximum absolute atomic E-state index is 8.58. The molecule has 0 N–H and O–H groups in total. The van der Waals surface area contributed by atoms with Gasteiger partial charge in [0.1, 0.15) is 17.5 Å². The largest absolute Gasteiger partial charge is 0.493 e. The molecule has 0 aliphatic heterocycles. The van der Waals surface area contributed by atoms with Crippen molar-refractivity contribution in [2.75, 3.05) is 6.61 Å². The van der Waals surface area contributed by atoms with Crippen molar-refractivity contribution in [1.29, 1.82) is 5.26 Å². The lowest BCUT2D eigenvalue weighted by Crippen LogP contribution is -1.99. The fourth-order valence-corrected chi connectivity index (χ4v) is 1.06. The Hall–Kier alpha value is -1.56. The molecule has 0 amide bonds. The number of rotatable bonds is 3. The molecule has 2 rings (SSSR count). The minimum Gasteiger partial charge on any atom is -0.493 e. The predicted molar refractivity (Wildman–Crippen MR) is 47.2 cm³/mol. The average molecular weight is 174 g/mol. The van der Waals surface area contributed by atoms with Crippen molar-refractivity contribution in [2.24, 2.45) is 5.92 Å². The molecule has 13 heavy (non-hydrogen) atoms. The first-order valence-corrected chi connectivity index (χ1v) is 4.37. The Bertz CT molecular complexity index is 339. The van der Waals surface area contributed by atoms with E-state index in [0.29, 0.717) is 5.69 Å². The Morgan fingerprint density at radius 1 is 1.62 bits per heavy atom. The van der Waals surface area contributed by atoms with Crippen LogP contribution in [0.2, 0.25) is 0 Å². The van der Waals surface area contributed by atoms with Gasteiger partial charge in [0.05, 0.1) is 6.61 Å². The van der Waals surface area contributed by atoms with E-state index < -0.39 is 0 Å². The van der Waals surface area contributed by atoms with Gasteiger partial charge in [0.25, 0.3) is 0 Å². The summed E-state index contributed by atoms with van der Waals surface area (Å²) in [6.07, 6.45) is 4.15. The lowest BCUT2D eigenvalue weighted by atomic mass is 10.3.